The summed E-state index contributed by atoms with van der Waals surface area (Å²) in [7, 11) is 0. The summed E-state index contributed by atoms with van der Waals surface area (Å²) in [4.78, 5) is 26.2. The number of carboxylic acid groups (broad SMARTS) is 1. The minimum absolute atomic E-state index is 0.0395. The largest absolute Gasteiger partial charge is 0.480 e. The molecule has 2 aliphatic rings. The molecule has 1 aliphatic heterocycles. The fourth-order valence-corrected chi connectivity index (χ4v) is 5.60. The van der Waals surface area contributed by atoms with Crippen molar-refractivity contribution in [2.45, 2.75) is 90.0 Å². The molecule has 1 saturated carbocycles. The number of amides is 1. The highest BCUT2D eigenvalue weighted by molar-refractivity contribution is 8.01. The molecule has 1 amide bonds. The maximum absolute atomic E-state index is 12.9. The molecular weight excluding hydrogens is 346 g/mol. The lowest BCUT2D eigenvalue weighted by atomic mass is 9.87. The molecule has 0 unspecified atom stereocenters. The molecule has 26 heavy (non-hydrogen) atoms. The third kappa shape index (κ3) is 5.28. The molecule has 1 saturated heterocycles. The molecule has 0 radical (unpaired) electrons. The number of rotatable bonds is 7. The molecule has 1 aliphatic carbocycles. The average Bonchev–Trinajstić information content (AvgIpc) is 2.93. The number of carbonyl (C=O) groups excluding carboxylic acids is 1. The predicted molar refractivity (Wildman–Crippen MR) is 108 cm³/mol. The smallest absolute Gasteiger partial charge is 0.327 e. The second-order valence-corrected chi connectivity index (χ2v) is 10.0. The van der Waals surface area contributed by atoms with Crippen LogP contribution in [0.15, 0.2) is 11.6 Å². The standard InChI is InChI=1S/C21H35NO3S/c1-15(2)6-5-7-19(23)22-18(20(24)25)14-26-21(22)12-10-17(11-13-21)9-8-16(3)4/h9,15-16,18H,5-8,10-14H2,1-4H3,(H,24,25)/t18-,21?/m0/s1. The lowest BCUT2D eigenvalue weighted by Gasteiger charge is -2.42. The molecule has 1 atom stereocenters. The van der Waals surface area contributed by atoms with E-state index in [0.29, 0.717) is 24.0 Å². The van der Waals surface area contributed by atoms with Crippen LogP contribution in [-0.2, 0) is 9.59 Å². The van der Waals surface area contributed by atoms with E-state index < -0.39 is 12.0 Å². The summed E-state index contributed by atoms with van der Waals surface area (Å²) < 4.78 is 0. The molecule has 1 spiro atoms. The number of carbonyl (C=O) groups is 2. The Balaban J connectivity index is 2.07. The first-order valence-corrected chi connectivity index (χ1v) is 11.1. The monoisotopic (exact) mass is 381 g/mol. The third-order valence-corrected chi connectivity index (χ3v) is 7.16. The number of allylic oxidation sites excluding steroid dienone is 2. The van der Waals surface area contributed by atoms with Gasteiger partial charge in [0, 0.05) is 12.2 Å². The van der Waals surface area contributed by atoms with Crippen LogP contribution in [0.4, 0.5) is 0 Å². The van der Waals surface area contributed by atoms with Crippen molar-refractivity contribution in [1.29, 1.82) is 0 Å². The molecule has 2 rings (SSSR count). The van der Waals surface area contributed by atoms with Gasteiger partial charge in [-0.05, 0) is 50.4 Å². The number of hydrogen-bond acceptors (Lipinski definition) is 3. The Morgan fingerprint density at radius 1 is 1.23 bits per heavy atom. The molecule has 4 nitrogen and oxygen atoms in total. The van der Waals surface area contributed by atoms with Gasteiger partial charge in [0.1, 0.15) is 6.04 Å². The maximum atomic E-state index is 12.9. The molecule has 2 fully saturated rings. The van der Waals surface area contributed by atoms with E-state index >= 15 is 0 Å². The Kier molecular flexibility index (Phi) is 7.63. The minimum Gasteiger partial charge on any atom is -0.480 e. The first-order valence-electron chi connectivity index (χ1n) is 10.1. The van der Waals surface area contributed by atoms with Crippen LogP contribution >= 0.6 is 11.8 Å². The van der Waals surface area contributed by atoms with Crippen LogP contribution < -0.4 is 0 Å². The van der Waals surface area contributed by atoms with Crippen molar-refractivity contribution in [1.82, 2.24) is 4.90 Å². The van der Waals surface area contributed by atoms with Gasteiger partial charge in [-0.25, -0.2) is 4.79 Å². The van der Waals surface area contributed by atoms with Crippen LogP contribution in [0.3, 0.4) is 0 Å². The fraction of sp³-hybridized carbons (Fsp3) is 0.810. The van der Waals surface area contributed by atoms with Crippen LogP contribution in [0, 0.1) is 11.8 Å². The zero-order chi connectivity index (χ0) is 19.3. The predicted octanol–water partition coefficient (Wildman–Crippen LogP) is 5.08. The summed E-state index contributed by atoms with van der Waals surface area (Å²) in [5.41, 5.74) is 1.48. The molecule has 148 valence electrons. The van der Waals surface area contributed by atoms with Crippen molar-refractivity contribution < 1.29 is 14.7 Å². The molecule has 0 aromatic rings. The topological polar surface area (TPSA) is 57.6 Å². The van der Waals surface area contributed by atoms with Crippen molar-refractivity contribution in [2.75, 3.05) is 5.75 Å². The van der Waals surface area contributed by atoms with Gasteiger partial charge in [-0.15, -0.1) is 11.8 Å². The summed E-state index contributed by atoms with van der Waals surface area (Å²) >= 11 is 1.70. The highest BCUT2D eigenvalue weighted by atomic mass is 32.2. The van der Waals surface area contributed by atoms with Gasteiger partial charge >= 0.3 is 5.97 Å². The Morgan fingerprint density at radius 3 is 2.42 bits per heavy atom. The summed E-state index contributed by atoms with van der Waals surface area (Å²) in [6.45, 7) is 8.76. The van der Waals surface area contributed by atoms with Crippen molar-refractivity contribution in [3.8, 4) is 0 Å². The Hall–Kier alpha value is -0.970. The summed E-state index contributed by atoms with van der Waals surface area (Å²) in [5.74, 6) is 0.944. The Morgan fingerprint density at radius 2 is 1.88 bits per heavy atom. The first-order chi connectivity index (χ1) is 12.2. The first kappa shape index (κ1) is 21.3. The van der Waals surface area contributed by atoms with Gasteiger partial charge < -0.3 is 10.0 Å². The van der Waals surface area contributed by atoms with Crippen molar-refractivity contribution >= 4 is 23.6 Å². The Bertz CT molecular complexity index is 531. The van der Waals surface area contributed by atoms with Gasteiger partial charge in [-0.2, -0.15) is 0 Å². The minimum atomic E-state index is -0.854. The normalized spacial score (nSPS) is 26.2. The molecule has 1 heterocycles. The lowest BCUT2D eigenvalue weighted by Crippen LogP contribution is -2.53. The van der Waals surface area contributed by atoms with E-state index in [1.54, 1.807) is 16.7 Å². The maximum Gasteiger partial charge on any atom is 0.327 e. The van der Waals surface area contributed by atoms with Gasteiger partial charge in [0.05, 0.1) is 4.87 Å². The van der Waals surface area contributed by atoms with Crippen molar-refractivity contribution in [3.63, 3.8) is 0 Å². The summed E-state index contributed by atoms with van der Waals surface area (Å²) in [5, 5.41) is 9.64. The zero-order valence-electron chi connectivity index (χ0n) is 16.8. The van der Waals surface area contributed by atoms with Gasteiger partial charge in [-0.3, -0.25) is 4.79 Å². The number of nitrogens with zero attached hydrogens (tertiary/aromatic N) is 1. The number of thioether (sulfide) groups is 1. The second kappa shape index (κ2) is 9.29. The van der Waals surface area contributed by atoms with Gasteiger partial charge in [-0.1, -0.05) is 45.8 Å². The fourth-order valence-electron chi connectivity index (χ4n) is 3.98. The number of hydrogen-bond donors (Lipinski definition) is 1. The molecule has 5 heteroatoms. The molecule has 1 N–H and O–H groups in total. The van der Waals surface area contributed by atoms with Crippen molar-refractivity contribution in [2.24, 2.45) is 11.8 Å². The van der Waals surface area contributed by atoms with E-state index in [0.717, 1.165) is 44.9 Å². The highest BCUT2D eigenvalue weighted by Crippen LogP contribution is 2.50. The molecule has 0 aromatic heterocycles. The second-order valence-electron chi connectivity index (χ2n) is 8.65. The Labute approximate surface area is 162 Å². The highest BCUT2D eigenvalue weighted by Gasteiger charge is 2.52. The molecule has 0 aromatic carbocycles. The van der Waals surface area contributed by atoms with Gasteiger partial charge in [0.15, 0.2) is 0 Å². The average molecular weight is 382 g/mol. The van der Waals surface area contributed by atoms with E-state index in [1.165, 1.54) is 5.57 Å². The van der Waals surface area contributed by atoms with Crippen LogP contribution in [0.25, 0.3) is 0 Å². The van der Waals surface area contributed by atoms with E-state index in [-0.39, 0.29) is 10.8 Å². The SMILES string of the molecule is CC(C)CC=C1CCC2(CC1)SC[C@@H](C(=O)O)N2C(=O)CCCC(C)C. The van der Waals surface area contributed by atoms with E-state index in [4.69, 9.17) is 0 Å². The zero-order valence-corrected chi connectivity index (χ0v) is 17.6. The quantitative estimate of drug-likeness (QED) is 0.625. The summed E-state index contributed by atoms with van der Waals surface area (Å²) in [6.07, 6.45) is 9.55. The van der Waals surface area contributed by atoms with E-state index in [2.05, 4.69) is 33.8 Å². The van der Waals surface area contributed by atoms with Crippen LogP contribution in [0.1, 0.15) is 79.1 Å². The molecule has 0 bridgehead atoms. The van der Waals surface area contributed by atoms with E-state index in [1.807, 2.05) is 0 Å². The summed E-state index contributed by atoms with van der Waals surface area (Å²) in [6, 6.07) is -0.659. The number of aliphatic carboxylic acids is 1. The van der Waals surface area contributed by atoms with Crippen molar-refractivity contribution in [3.05, 3.63) is 11.6 Å². The lowest BCUT2D eigenvalue weighted by molar-refractivity contribution is -0.152. The number of carboxylic acids is 1. The van der Waals surface area contributed by atoms with E-state index in [9.17, 15) is 14.7 Å². The van der Waals surface area contributed by atoms with Crippen LogP contribution in [-0.4, -0.2) is 38.5 Å². The third-order valence-electron chi connectivity index (χ3n) is 5.54. The van der Waals surface area contributed by atoms with Gasteiger partial charge in [0.25, 0.3) is 0 Å². The molecular formula is C21H35NO3S. The van der Waals surface area contributed by atoms with Gasteiger partial charge in [0.2, 0.25) is 5.91 Å². The van der Waals surface area contributed by atoms with Crippen LogP contribution in [0.2, 0.25) is 0 Å². The van der Waals surface area contributed by atoms with Crippen LogP contribution in [0.5, 0.6) is 0 Å².